The van der Waals surface area contributed by atoms with E-state index in [-0.39, 0.29) is 5.60 Å². The molecular formula is C14H24N4O. The first-order valence-electron chi connectivity index (χ1n) is 6.88. The summed E-state index contributed by atoms with van der Waals surface area (Å²) in [6.45, 7) is 11.2. The molecule has 2 heterocycles. The van der Waals surface area contributed by atoms with Gasteiger partial charge in [-0.05, 0) is 13.8 Å². The topological polar surface area (TPSA) is 64.3 Å². The molecule has 0 spiro atoms. The monoisotopic (exact) mass is 264 g/mol. The Kier molecular flexibility index (Phi) is 4.06. The number of morpholine rings is 1. The minimum atomic E-state index is -0.138. The van der Waals surface area contributed by atoms with Gasteiger partial charge in [-0.3, -0.25) is 0 Å². The van der Waals surface area contributed by atoms with Crippen molar-refractivity contribution in [2.24, 2.45) is 5.73 Å². The molecule has 106 valence electrons. The van der Waals surface area contributed by atoms with E-state index in [9.17, 15) is 0 Å². The van der Waals surface area contributed by atoms with Crippen LogP contribution in [-0.4, -0.2) is 35.3 Å². The summed E-state index contributed by atoms with van der Waals surface area (Å²) in [6.07, 6.45) is 1.91. The van der Waals surface area contributed by atoms with Crippen molar-refractivity contribution in [1.29, 1.82) is 0 Å². The van der Waals surface area contributed by atoms with Crippen LogP contribution >= 0.6 is 0 Å². The van der Waals surface area contributed by atoms with E-state index in [0.29, 0.717) is 12.5 Å². The predicted octanol–water partition coefficient (Wildman–Crippen LogP) is 1.67. The van der Waals surface area contributed by atoms with Crippen molar-refractivity contribution in [2.75, 3.05) is 24.6 Å². The summed E-state index contributed by atoms with van der Waals surface area (Å²) in [7, 11) is 0. The normalized spacial score (nSPS) is 18.9. The van der Waals surface area contributed by atoms with Crippen LogP contribution in [0.1, 0.15) is 45.1 Å². The number of hydrogen-bond donors (Lipinski definition) is 1. The van der Waals surface area contributed by atoms with Crippen LogP contribution in [0.25, 0.3) is 0 Å². The average molecular weight is 264 g/mol. The quantitative estimate of drug-likeness (QED) is 0.899. The molecule has 0 atom stereocenters. The Hall–Kier alpha value is -1.20. The van der Waals surface area contributed by atoms with Gasteiger partial charge in [-0.2, -0.15) is 0 Å². The summed E-state index contributed by atoms with van der Waals surface area (Å²) in [5.74, 6) is 1.18. The molecule has 1 aliphatic rings. The van der Waals surface area contributed by atoms with E-state index in [4.69, 9.17) is 10.5 Å². The summed E-state index contributed by atoms with van der Waals surface area (Å²) in [5.41, 5.74) is 7.68. The second-order valence-corrected chi connectivity index (χ2v) is 5.95. The summed E-state index contributed by atoms with van der Waals surface area (Å²) in [4.78, 5) is 11.3. The maximum absolute atomic E-state index is 5.85. The molecule has 1 aromatic heterocycles. The van der Waals surface area contributed by atoms with E-state index in [1.807, 2.05) is 6.20 Å². The van der Waals surface area contributed by atoms with Crippen LogP contribution in [0.4, 0.5) is 5.69 Å². The van der Waals surface area contributed by atoms with Gasteiger partial charge >= 0.3 is 0 Å². The van der Waals surface area contributed by atoms with Gasteiger partial charge in [0.1, 0.15) is 5.82 Å². The third-order valence-electron chi connectivity index (χ3n) is 3.34. The molecule has 0 amide bonds. The van der Waals surface area contributed by atoms with Crippen LogP contribution in [0.2, 0.25) is 0 Å². The SMILES string of the molecule is CC(C)c1ncc(N2CCOC(C)(C)C2)c(CN)n1. The third-order valence-corrected chi connectivity index (χ3v) is 3.34. The Bertz CT molecular complexity index is 445. The van der Waals surface area contributed by atoms with E-state index in [2.05, 4.69) is 42.6 Å². The fourth-order valence-corrected chi connectivity index (χ4v) is 2.34. The Balaban J connectivity index is 2.29. The number of nitrogens with two attached hydrogens (primary N) is 1. The van der Waals surface area contributed by atoms with E-state index < -0.39 is 0 Å². The molecule has 0 unspecified atom stereocenters. The summed E-state index contributed by atoms with van der Waals surface area (Å²) < 4.78 is 5.74. The zero-order valence-corrected chi connectivity index (χ0v) is 12.3. The van der Waals surface area contributed by atoms with Gasteiger partial charge in [-0.15, -0.1) is 0 Å². The summed E-state index contributed by atoms with van der Waals surface area (Å²) in [6, 6.07) is 0. The highest BCUT2D eigenvalue weighted by molar-refractivity contribution is 5.50. The molecule has 1 aromatic rings. The average Bonchev–Trinajstić information content (AvgIpc) is 2.36. The number of anilines is 1. The second-order valence-electron chi connectivity index (χ2n) is 5.95. The third kappa shape index (κ3) is 3.22. The van der Waals surface area contributed by atoms with Crippen LogP contribution in [0.3, 0.4) is 0 Å². The molecule has 5 heteroatoms. The van der Waals surface area contributed by atoms with Crippen LogP contribution < -0.4 is 10.6 Å². The number of aromatic nitrogens is 2. The fourth-order valence-electron chi connectivity index (χ4n) is 2.34. The molecule has 19 heavy (non-hydrogen) atoms. The molecule has 0 radical (unpaired) electrons. The van der Waals surface area contributed by atoms with Gasteiger partial charge in [0.05, 0.1) is 29.8 Å². The molecule has 1 saturated heterocycles. The standard InChI is InChI=1S/C14H24N4O/c1-10(2)13-16-8-12(11(7-15)17-13)18-5-6-19-14(3,4)9-18/h8,10H,5-7,9,15H2,1-4H3. The van der Waals surface area contributed by atoms with E-state index >= 15 is 0 Å². The molecule has 0 aromatic carbocycles. The molecule has 0 aliphatic carbocycles. The maximum atomic E-state index is 5.85. The number of nitrogens with zero attached hydrogens (tertiary/aromatic N) is 3. The Morgan fingerprint density at radius 1 is 1.47 bits per heavy atom. The molecular weight excluding hydrogens is 240 g/mol. The smallest absolute Gasteiger partial charge is 0.131 e. The molecule has 2 rings (SSSR count). The minimum Gasteiger partial charge on any atom is -0.372 e. The van der Waals surface area contributed by atoms with Gasteiger partial charge in [-0.1, -0.05) is 13.8 Å². The minimum absolute atomic E-state index is 0.138. The highest BCUT2D eigenvalue weighted by Gasteiger charge is 2.28. The van der Waals surface area contributed by atoms with Crippen molar-refractivity contribution in [3.05, 3.63) is 17.7 Å². The van der Waals surface area contributed by atoms with Crippen molar-refractivity contribution in [1.82, 2.24) is 9.97 Å². The van der Waals surface area contributed by atoms with Crippen LogP contribution in [0.15, 0.2) is 6.20 Å². The van der Waals surface area contributed by atoms with E-state index in [1.54, 1.807) is 0 Å². The Labute approximate surface area is 115 Å². The fraction of sp³-hybridized carbons (Fsp3) is 0.714. The molecule has 1 fully saturated rings. The van der Waals surface area contributed by atoms with Crippen molar-refractivity contribution < 1.29 is 4.74 Å². The second kappa shape index (κ2) is 5.43. The lowest BCUT2D eigenvalue weighted by Crippen LogP contribution is -2.48. The predicted molar refractivity (Wildman–Crippen MR) is 76.3 cm³/mol. The van der Waals surface area contributed by atoms with Gasteiger partial charge in [0, 0.05) is 25.6 Å². The van der Waals surface area contributed by atoms with Crippen molar-refractivity contribution in [3.8, 4) is 0 Å². The van der Waals surface area contributed by atoms with E-state index in [0.717, 1.165) is 36.9 Å². The van der Waals surface area contributed by atoms with Crippen molar-refractivity contribution in [3.63, 3.8) is 0 Å². The zero-order chi connectivity index (χ0) is 14.0. The van der Waals surface area contributed by atoms with Gasteiger partial charge in [-0.25, -0.2) is 9.97 Å². The van der Waals surface area contributed by atoms with Gasteiger partial charge < -0.3 is 15.4 Å². The maximum Gasteiger partial charge on any atom is 0.131 e. The largest absolute Gasteiger partial charge is 0.372 e. The molecule has 1 aliphatic heterocycles. The number of rotatable bonds is 3. The number of hydrogen-bond acceptors (Lipinski definition) is 5. The first-order chi connectivity index (χ1) is 8.93. The molecule has 5 nitrogen and oxygen atoms in total. The van der Waals surface area contributed by atoms with Gasteiger partial charge in [0.25, 0.3) is 0 Å². The van der Waals surface area contributed by atoms with Gasteiger partial charge in [0.15, 0.2) is 0 Å². The van der Waals surface area contributed by atoms with Crippen molar-refractivity contribution >= 4 is 5.69 Å². The lowest BCUT2D eigenvalue weighted by atomic mass is 10.1. The Morgan fingerprint density at radius 2 is 2.21 bits per heavy atom. The highest BCUT2D eigenvalue weighted by Crippen LogP contribution is 2.25. The zero-order valence-electron chi connectivity index (χ0n) is 12.3. The Morgan fingerprint density at radius 3 is 2.79 bits per heavy atom. The van der Waals surface area contributed by atoms with Gasteiger partial charge in [0.2, 0.25) is 0 Å². The van der Waals surface area contributed by atoms with E-state index in [1.165, 1.54) is 0 Å². The molecule has 0 bridgehead atoms. The lowest BCUT2D eigenvalue weighted by molar-refractivity contribution is -0.0277. The van der Waals surface area contributed by atoms with Crippen molar-refractivity contribution in [2.45, 2.75) is 45.8 Å². The van der Waals surface area contributed by atoms with Crippen LogP contribution in [0.5, 0.6) is 0 Å². The number of ether oxygens (including phenoxy) is 1. The molecule has 0 saturated carbocycles. The summed E-state index contributed by atoms with van der Waals surface area (Å²) >= 11 is 0. The lowest BCUT2D eigenvalue weighted by Gasteiger charge is -2.39. The van der Waals surface area contributed by atoms with Crippen LogP contribution in [0, 0.1) is 0 Å². The first-order valence-corrected chi connectivity index (χ1v) is 6.88. The highest BCUT2D eigenvalue weighted by atomic mass is 16.5. The van der Waals surface area contributed by atoms with Crippen LogP contribution in [-0.2, 0) is 11.3 Å². The summed E-state index contributed by atoms with van der Waals surface area (Å²) in [5, 5.41) is 0. The molecule has 2 N–H and O–H groups in total. The first kappa shape index (κ1) is 14.2.